The maximum absolute atomic E-state index is 11.8. The average molecular weight is 427 g/mol. The van der Waals surface area contributed by atoms with Crippen LogP contribution in [0.2, 0.25) is 0 Å². The molecule has 1 aromatic heterocycles. The topological polar surface area (TPSA) is 96.5 Å². The molecule has 156 valence electrons. The molecule has 1 saturated heterocycles. The van der Waals surface area contributed by atoms with Gasteiger partial charge < -0.3 is 9.54 Å². The lowest BCUT2D eigenvalue weighted by atomic mass is 9.72. The number of rotatable bonds is 4. The number of piperidine rings is 1. The van der Waals surface area contributed by atoms with Crippen molar-refractivity contribution < 1.29 is 17.5 Å². The number of likely N-dealkylation sites (tertiary alicyclic amines) is 1. The predicted octanol–water partition coefficient (Wildman–Crippen LogP) is 2.79. The van der Waals surface area contributed by atoms with Gasteiger partial charge in [-0.3, -0.25) is 9.45 Å². The predicted molar refractivity (Wildman–Crippen MR) is 115 cm³/mol. The molecule has 2 aliphatic rings. The van der Waals surface area contributed by atoms with Crippen molar-refractivity contribution in [3.05, 3.63) is 35.5 Å². The van der Waals surface area contributed by atoms with Crippen molar-refractivity contribution in [2.45, 2.75) is 38.1 Å². The Balaban J connectivity index is 0.000000403. The maximum Gasteiger partial charge on any atom is 0.261 e. The highest BCUT2D eigenvalue weighted by Crippen LogP contribution is 2.44. The van der Waals surface area contributed by atoms with E-state index in [9.17, 15) is 13.0 Å². The highest BCUT2D eigenvalue weighted by atomic mass is 32.2. The number of fused-ring (bicyclic) bond motifs is 2. The fourth-order valence-electron chi connectivity index (χ4n) is 4.90. The summed E-state index contributed by atoms with van der Waals surface area (Å²) in [6.07, 6.45) is 8.31. The quantitative estimate of drug-likeness (QED) is 0.579. The van der Waals surface area contributed by atoms with Crippen LogP contribution in [0.3, 0.4) is 0 Å². The molecule has 8 heteroatoms. The fourth-order valence-corrected chi connectivity index (χ4v) is 5.80. The van der Waals surface area contributed by atoms with Crippen LogP contribution >= 0.6 is 0 Å². The first-order chi connectivity index (χ1) is 13.2. The normalized spacial score (nSPS) is 25.7. The number of aromatic nitrogens is 1. The summed E-state index contributed by atoms with van der Waals surface area (Å²) in [5.74, 6) is 2.00. The van der Waals surface area contributed by atoms with Crippen molar-refractivity contribution in [1.29, 1.82) is 0 Å². The van der Waals surface area contributed by atoms with Crippen molar-refractivity contribution in [3.8, 4) is 0 Å². The van der Waals surface area contributed by atoms with Crippen LogP contribution in [-0.4, -0.2) is 64.8 Å². The van der Waals surface area contributed by atoms with E-state index in [1.807, 2.05) is 6.26 Å². The number of nitrogens with one attached hydrogen (secondary N) is 1. The van der Waals surface area contributed by atoms with E-state index in [4.69, 9.17) is 4.55 Å². The lowest BCUT2D eigenvalue weighted by molar-refractivity contribution is 0.0920. The molecule has 2 N–H and O–H groups in total. The van der Waals surface area contributed by atoms with Crippen molar-refractivity contribution in [2.24, 2.45) is 5.92 Å². The van der Waals surface area contributed by atoms with Crippen molar-refractivity contribution in [3.63, 3.8) is 0 Å². The zero-order valence-electron chi connectivity index (χ0n) is 16.7. The second kappa shape index (κ2) is 8.75. The molecule has 1 aliphatic heterocycles. The van der Waals surface area contributed by atoms with Crippen LogP contribution in [0, 0.1) is 5.92 Å². The van der Waals surface area contributed by atoms with Gasteiger partial charge in [0.2, 0.25) is 0 Å². The van der Waals surface area contributed by atoms with Gasteiger partial charge in [0, 0.05) is 41.5 Å². The van der Waals surface area contributed by atoms with Gasteiger partial charge >= 0.3 is 0 Å². The van der Waals surface area contributed by atoms with Crippen LogP contribution in [0.1, 0.15) is 36.8 Å². The summed E-state index contributed by atoms with van der Waals surface area (Å²) in [5.41, 5.74) is 4.28. The number of benzene rings is 1. The molecular weight excluding hydrogens is 396 g/mol. The monoisotopic (exact) mass is 426 g/mol. The SMILES string of the molecule is CCCN1C[C@H](C[S+](C)[O-])CC2c3cccc4[nH]cc(c34)C[C@H]21.CS(=O)(=O)O. The summed E-state index contributed by atoms with van der Waals surface area (Å²) < 4.78 is 37.6. The van der Waals surface area contributed by atoms with E-state index in [0.717, 1.165) is 25.3 Å². The van der Waals surface area contributed by atoms with Crippen LogP contribution in [0.25, 0.3) is 10.9 Å². The first-order valence-corrected chi connectivity index (χ1v) is 13.3. The zero-order valence-corrected chi connectivity index (χ0v) is 18.4. The molecule has 0 saturated carbocycles. The number of H-pyrrole nitrogens is 1. The lowest BCUT2D eigenvalue weighted by Gasteiger charge is -2.47. The third-order valence-electron chi connectivity index (χ3n) is 5.64. The summed E-state index contributed by atoms with van der Waals surface area (Å²) in [7, 11) is -3.67. The second-order valence-corrected chi connectivity index (χ2v) is 11.0. The highest BCUT2D eigenvalue weighted by Gasteiger charge is 2.41. The molecular formula is C20H30N2O4S2. The van der Waals surface area contributed by atoms with Gasteiger partial charge in [-0.1, -0.05) is 30.2 Å². The van der Waals surface area contributed by atoms with E-state index < -0.39 is 21.3 Å². The highest BCUT2D eigenvalue weighted by molar-refractivity contribution is 7.90. The second-order valence-electron chi connectivity index (χ2n) is 8.03. The van der Waals surface area contributed by atoms with Crippen LogP contribution in [0.5, 0.6) is 0 Å². The molecule has 0 spiro atoms. The molecule has 0 radical (unpaired) electrons. The maximum atomic E-state index is 11.8. The minimum Gasteiger partial charge on any atom is -0.617 e. The molecule has 1 aromatic carbocycles. The third-order valence-corrected chi connectivity index (χ3v) is 6.58. The van der Waals surface area contributed by atoms with Crippen LogP contribution in [0.4, 0.5) is 0 Å². The van der Waals surface area contributed by atoms with E-state index in [1.165, 1.54) is 34.9 Å². The van der Waals surface area contributed by atoms with Crippen LogP contribution < -0.4 is 0 Å². The minimum atomic E-state index is -3.67. The largest absolute Gasteiger partial charge is 0.617 e. The molecule has 28 heavy (non-hydrogen) atoms. The molecule has 2 aromatic rings. The Morgan fingerprint density at radius 1 is 1.39 bits per heavy atom. The summed E-state index contributed by atoms with van der Waals surface area (Å²) in [6.45, 7) is 4.54. The smallest absolute Gasteiger partial charge is 0.261 e. The van der Waals surface area contributed by atoms with Gasteiger partial charge in [-0.15, -0.1) is 0 Å². The molecule has 1 fully saturated rings. The van der Waals surface area contributed by atoms with Crippen LogP contribution in [0.15, 0.2) is 24.4 Å². The van der Waals surface area contributed by atoms with Gasteiger partial charge in [0.25, 0.3) is 10.1 Å². The van der Waals surface area contributed by atoms with Gasteiger partial charge in [0.1, 0.15) is 5.75 Å². The van der Waals surface area contributed by atoms with E-state index >= 15 is 0 Å². The van der Waals surface area contributed by atoms with Gasteiger partial charge in [-0.25, -0.2) is 0 Å². The zero-order chi connectivity index (χ0) is 20.5. The molecule has 4 atom stereocenters. The van der Waals surface area contributed by atoms with E-state index in [2.05, 4.69) is 41.2 Å². The number of hydrogen-bond donors (Lipinski definition) is 2. The first-order valence-electron chi connectivity index (χ1n) is 9.72. The number of aromatic amines is 1. The van der Waals surface area contributed by atoms with Gasteiger partial charge in [-0.05, 0) is 43.0 Å². The van der Waals surface area contributed by atoms with Crippen molar-refractivity contribution >= 4 is 32.2 Å². The Labute approximate surface area is 170 Å². The summed E-state index contributed by atoms with van der Waals surface area (Å²) in [5, 5.41) is 1.46. The average Bonchev–Trinajstić information content (AvgIpc) is 2.99. The summed E-state index contributed by atoms with van der Waals surface area (Å²) in [4.78, 5) is 6.13. The Morgan fingerprint density at radius 3 is 2.75 bits per heavy atom. The summed E-state index contributed by atoms with van der Waals surface area (Å²) in [6, 6.07) is 7.32. The standard InChI is InChI=1S/C19H26N2OS.CH4O3S/c1-3-7-21-11-13(12-23(2)22)8-16-15-5-4-6-17-19(15)14(10-20-17)9-18(16)21;1-5(2,3)4/h4-6,10,13,16,18,20H,3,7-9,11-12H2,1-2H3;1H3,(H,2,3,4)/t13-,16?,18-,23?;/m1./s1. The molecule has 0 bridgehead atoms. The molecule has 0 amide bonds. The number of hydrogen-bond acceptors (Lipinski definition) is 4. The van der Waals surface area contributed by atoms with Crippen molar-refractivity contribution in [1.82, 2.24) is 9.88 Å². The third kappa shape index (κ3) is 5.10. The molecule has 2 heterocycles. The van der Waals surface area contributed by atoms with Gasteiger partial charge in [0.15, 0.2) is 0 Å². The Kier molecular flexibility index (Phi) is 6.76. The summed E-state index contributed by atoms with van der Waals surface area (Å²) >= 11 is -0.701. The number of nitrogens with zero attached hydrogens (tertiary/aromatic N) is 1. The fraction of sp³-hybridized carbons (Fsp3) is 0.600. The lowest BCUT2D eigenvalue weighted by Crippen LogP contribution is -2.51. The van der Waals surface area contributed by atoms with Gasteiger partial charge in [-0.2, -0.15) is 8.42 Å². The van der Waals surface area contributed by atoms with E-state index in [-0.39, 0.29) is 0 Å². The van der Waals surface area contributed by atoms with Gasteiger partial charge in [0.05, 0.1) is 12.5 Å². The first kappa shape index (κ1) is 21.6. The molecule has 1 aliphatic carbocycles. The molecule has 6 nitrogen and oxygen atoms in total. The Bertz CT molecular complexity index is 902. The minimum absolute atomic E-state index is 0.560. The van der Waals surface area contributed by atoms with Crippen LogP contribution in [-0.2, 0) is 27.7 Å². The Hall–Kier alpha value is -1.06. The van der Waals surface area contributed by atoms with E-state index in [0.29, 0.717) is 24.1 Å². The Morgan fingerprint density at radius 2 is 2.11 bits per heavy atom. The van der Waals surface area contributed by atoms with E-state index in [1.54, 1.807) is 0 Å². The molecule has 2 unspecified atom stereocenters. The molecule has 4 rings (SSSR count). The van der Waals surface area contributed by atoms with Crippen molar-refractivity contribution in [2.75, 3.05) is 31.4 Å².